The van der Waals surface area contributed by atoms with Gasteiger partial charge in [0.1, 0.15) is 0 Å². The van der Waals surface area contributed by atoms with Crippen LogP contribution in [0.15, 0.2) is 65.9 Å². The lowest BCUT2D eigenvalue weighted by atomic mass is 9.61. The molecule has 3 unspecified atom stereocenters. The highest BCUT2D eigenvalue weighted by atomic mass is 16.6. The molecule has 0 amide bonds. The number of rotatable bonds is 7. The molecule has 0 radical (unpaired) electrons. The van der Waals surface area contributed by atoms with Crippen LogP contribution in [0.2, 0.25) is 0 Å². The summed E-state index contributed by atoms with van der Waals surface area (Å²) < 4.78 is 10.7. The molecule has 34 heavy (non-hydrogen) atoms. The summed E-state index contributed by atoms with van der Waals surface area (Å²) >= 11 is 0. The van der Waals surface area contributed by atoms with E-state index in [0.717, 1.165) is 0 Å². The molecule has 2 aromatic rings. The molecular weight excluding hydrogens is 438 g/mol. The number of ether oxygens (including phenoxy) is 2. The highest BCUT2D eigenvalue weighted by molar-refractivity contribution is 5.95. The van der Waals surface area contributed by atoms with E-state index in [9.17, 15) is 25.0 Å². The quantitative estimate of drug-likeness (QED) is 0.371. The number of carbonyl (C=O) groups excluding carboxylic acids is 2. The molecule has 0 aromatic heterocycles. The van der Waals surface area contributed by atoms with Gasteiger partial charge >= 0.3 is 11.9 Å². The topological polar surface area (TPSA) is 132 Å². The van der Waals surface area contributed by atoms with Crippen molar-refractivity contribution in [3.63, 3.8) is 0 Å². The van der Waals surface area contributed by atoms with Gasteiger partial charge in [0.05, 0.1) is 35.8 Å². The summed E-state index contributed by atoms with van der Waals surface area (Å²) in [5, 5.41) is 25.1. The van der Waals surface area contributed by atoms with Gasteiger partial charge in [-0.05, 0) is 31.9 Å². The molecule has 1 heterocycles. The summed E-state index contributed by atoms with van der Waals surface area (Å²) in [6.45, 7) is 5.04. The Kier molecular flexibility index (Phi) is 7.31. The van der Waals surface area contributed by atoms with Gasteiger partial charge in [-0.25, -0.2) is 4.79 Å². The summed E-state index contributed by atoms with van der Waals surface area (Å²) in [6.07, 6.45) is 0. The standard InChI is InChI=1S/C25H25N3O6/c1-4-33-23(29)20-16(3)27-22(18-12-9-13-19(14-18)28(31)32)25(15-26,24(30)34-5-2)21(20)17-10-7-6-8-11-17/h6-14,21-22,27H,4-5H2,1-3H3. The highest BCUT2D eigenvalue weighted by Gasteiger charge is 2.60. The molecule has 1 N–H and O–H groups in total. The molecule has 0 fully saturated rings. The van der Waals surface area contributed by atoms with E-state index in [1.807, 2.05) is 0 Å². The Labute approximate surface area is 197 Å². The second-order valence-electron chi connectivity index (χ2n) is 7.73. The summed E-state index contributed by atoms with van der Waals surface area (Å²) in [7, 11) is 0. The minimum Gasteiger partial charge on any atom is -0.465 e. The minimum atomic E-state index is -1.96. The van der Waals surface area contributed by atoms with Crippen LogP contribution in [-0.2, 0) is 19.1 Å². The number of nitro groups is 1. The lowest BCUT2D eigenvalue weighted by Gasteiger charge is -2.45. The first-order chi connectivity index (χ1) is 16.3. The number of allylic oxidation sites excluding steroid dienone is 1. The van der Waals surface area contributed by atoms with E-state index in [-0.39, 0.29) is 24.5 Å². The molecule has 9 heteroatoms. The van der Waals surface area contributed by atoms with Crippen molar-refractivity contribution in [2.24, 2.45) is 5.41 Å². The maximum absolute atomic E-state index is 13.6. The van der Waals surface area contributed by atoms with E-state index in [2.05, 4.69) is 11.4 Å². The monoisotopic (exact) mass is 463 g/mol. The number of nitriles is 1. The number of carbonyl (C=O) groups is 2. The van der Waals surface area contributed by atoms with Crippen molar-refractivity contribution in [3.05, 3.63) is 87.1 Å². The fraction of sp³-hybridized carbons (Fsp3) is 0.320. The van der Waals surface area contributed by atoms with Crippen LogP contribution in [0.5, 0.6) is 0 Å². The zero-order valence-electron chi connectivity index (χ0n) is 19.1. The number of benzene rings is 2. The van der Waals surface area contributed by atoms with Crippen LogP contribution in [-0.4, -0.2) is 30.1 Å². The van der Waals surface area contributed by atoms with Gasteiger partial charge < -0.3 is 14.8 Å². The third-order valence-electron chi connectivity index (χ3n) is 5.81. The lowest BCUT2D eigenvalue weighted by molar-refractivity contribution is -0.385. The van der Waals surface area contributed by atoms with Crippen molar-refractivity contribution in [3.8, 4) is 6.07 Å². The SMILES string of the molecule is CCOC(=O)C1=C(C)NC(c2cccc([N+](=O)[O-])c2)C(C#N)(C(=O)OCC)C1c1ccccc1. The molecular formula is C25H25N3O6. The van der Waals surface area contributed by atoms with Crippen molar-refractivity contribution in [2.75, 3.05) is 13.2 Å². The Hall–Kier alpha value is -4.19. The van der Waals surface area contributed by atoms with Gasteiger partial charge in [-0.2, -0.15) is 5.26 Å². The van der Waals surface area contributed by atoms with E-state index in [1.165, 1.54) is 18.2 Å². The molecule has 1 aliphatic rings. The van der Waals surface area contributed by atoms with E-state index < -0.39 is 34.2 Å². The fourth-order valence-corrected chi connectivity index (χ4v) is 4.40. The molecule has 3 atom stereocenters. The summed E-state index contributed by atoms with van der Waals surface area (Å²) in [5.74, 6) is -2.56. The number of nitrogens with one attached hydrogen (secondary N) is 1. The maximum Gasteiger partial charge on any atom is 0.336 e. The third kappa shape index (κ3) is 4.22. The zero-order valence-corrected chi connectivity index (χ0v) is 19.1. The second-order valence-corrected chi connectivity index (χ2v) is 7.73. The van der Waals surface area contributed by atoms with Crippen molar-refractivity contribution >= 4 is 17.6 Å². The van der Waals surface area contributed by atoms with Gasteiger partial charge in [-0.15, -0.1) is 0 Å². The molecule has 0 spiro atoms. The average molecular weight is 463 g/mol. The third-order valence-corrected chi connectivity index (χ3v) is 5.81. The largest absolute Gasteiger partial charge is 0.465 e. The van der Waals surface area contributed by atoms with Crippen LogP contribution in [0.4, 0.5) is 5.69 Å². The molecule has 0 saturated carbocycles. The number of non-ortho nitro benzene ring substituents is 1. The number of nitrogens with zero attached hydrogens (tertiary/aromatic N) is 2. The first-order valence-electron chi connectivity index (χ1n) is 10.8. The van der Waals surface area contributed by atoms with Gasteiger partial charge in [0.25, 0.3) is 5.69 Å². The summed E-state index contributed by atoms with van der Waals surface area (Å²) in [4.78, 5) is 37.5. The molecule has 1 aliphatic heterocycles. The number of hydrogen-bond acceptors (Lipinski definition) is 8. The predicted octanol–water partition coefficient (Wildman–Crippen LogP) is 3.93. The van der Waals surface area contributed by atoms with E-state index in [4.69, 9.17) is 9.47 Å². The van der Waals surface area contributed by atoms with Gasteiger partial charge in [0, 0.05) is 23.7 Å². The molecule has 2 aromatic carbocycles. The number of esters is 2. The van der Waals surface area contributed by atoms with Gasteiger partial charge in [-0.3, -0.25) is 14.9 Å². The van der Waals surface area contributed by atoms with Crippen LogP contribution in [0.25, 0.3) is 0 Å². The molecule has 9 nitrogen and oxygen atoms in total. The minimum absolute atomic E-state index is 0.00284. The Morgan fingerprint density at radius 1 is 1.09 bits per heavy atom. The van der Waals surface area contributed by atoms with Crippen molar-refractivity contribution < 1.29 is 24.0 Å². The van der Waals surface area contributed by atoms with Gasteiger partial charge in [0.2, 0.25) is 0 Å². The molecule has 0 bridgehead atoms. The number of hydrogen-bond donors (Lipinski definition) is 1. The molecule has 3 rings (SSSR count). The molecule has 0 saturated heterocycles. The van der Waals surface area contributed by atoms with Crippen molar-refractivity contribution in [2.45, 2.75) is 32.7 Å². The fourth-order valence-electron chi connectivity index (χ4n) is 4.40. The second kappa shape index (κ2) is 10.2. The predicted molar refractivity (Wildman–Crippen MR) is 122 cm³/mol. The molecule has 176 valence electrons. The van der Waals surface area contributed by atoms with E-state index in [1.54, 1.807) is 57.2 Å². The van der Waals surface area contributed by atoms with Crippen LogP contribution in [0.1, 0.15) is 43.9 Å². The first kappa shape index (κ1) is 24.5. The molecule has 0 aliphatic carbocycles. The van der Waals surface area contributed by atoms with E-state index in [0.29, 0.717) is 16.8 Å². The highest BCUT2D eigenvalue weighted by Crippen LogP contribution is 2.54. The van der Waals surface area contributed by atoms with Crippen LogP contribution in [0.3, 0.4) is 0 Å². The number of nitro benzene ring substituents is 1. The Bertz CT molecular complexity index is 1170. The normalized spacial score (nSPS) is 21.7. The first-order valence-corrected chi connectivity index (χ1v) is 10.8. The summed E-state index contributed by atoms with van der Waals surface area (Å²) in [5.41, 5.74) is -0.746. The average Bonchev–Trinajstić information content (AvgIpc) is 2.84. The van der Waals surface area contributed by atoms with Crippen molar-refractivity contribution in [1.29, 1.82) is 5.26 Å². The smallest absolute Gasteiger partial charge is 0.336 e. The van der Waals surface area contributed by atoms with Crippen LogP contribution < -0.4 is 5.32 Å². The zero-order chi connectivity index (χ0) is 24.9. The summed E-state index contributed by atoms with van der Waals surface area (Å²) in [6, 6.07) is 15.5. The van der Waals surface area contributed by atoms with Crippen LogP contribution in [0, 0.1) is 26.9 Å². The Balaban J connectivity index is 2.38. The maximum atomic E-state index is 13.6. The lowest BCUT2D eigenvalue weighted by Crippen LogP contribution is -2.53. The van der Waals surface area contributed by atoms with E-state index >= 15 is 0 Å². The Morgan fingerprint density at radius 3 is 2.32 bits per heavy atom. The van der Waals surface area contributed by atoms with Crippen LogP contribution >= 0.6 is 0 Å². The van der Waals surface area contributed by atoms with Crippen molar-refractivity contribution in [1.82, 2.24) is 5.32 Å². The van der Waals surface area contributed by atoms with Gasteiger partial charge in [0.15, 0.2) is 5.41 Å². The van der Waals surface area contributed by atoms with Gasteiger partial charge in [-0.1, -0.05) is 42.5 Å². The Morgan fingerprint density at radius 2 is 1.74 bits per heavy atom.